The third kappa shape index (κ3) is 5.31. The Morgan fingerprint density at radius 2 is 1.71 bits per heavy atom. The van der Waals surface area contributed by atoms with Crippen LogP contribution in [-0.2, 0) is 4.74 Å². The normalized spacial score (nSPS) is 11.5. The van der Waals surface area contributed by atoms with Gasteiger partial charge in [0.1, 0.15) is 17.2 Å². The first-order chi connectivity index (χ1) is 13.7. The monoisotopic (exact) mass is 377 g/mol. The van der Waals surface area contributed by atoms with E-state index in [-0.39, 0.29) is 17.6 Å². The number of hydrogen-bond acceptors (Lipinski definition) is 5. The summed E-state index contributed by atoms with van der Waals surface area (Å²) in [6.07, 6.45) is 1.55. The number of nitrogens with zero attached hydrogens (tertiary/aromatic N) is 1. The molecule has 0 aliphatic heterocycles. The maximum Gasteiger partial charge on any atom is 0.274 e. The number of methoxy groups -OCH3 is 1. The summed E-state index contributed by atoms with van der Waals surface area (Å²) in [6.45, 7) is 2.57. The lowest BCUT2D eigenvalue weighted by Crippen LogP contribution is -2.22. The first-order valence-corrected chi connectivity index (χ1v) is 9.00. The molecule has 0 spiro atoms. The van der Waals surface area contributed by atoms with Gasteiger partial charge in [0.2, 0.25) is 0 Å². The van der Waals surface area contributed by atoms with Crippen LogP contribution in [0.2, 0.25) is 0 Å². The van der Waals surface area contributed by atoms with Gasteiger partial charge in [0, 0.05) is 25.4 Å². The number of benzene rings is 2. The van der Waals surface area contributed by atoms with Crippen molar-refractivity contribution in [1.29, 1.82) is 0 Å². The SMILES string of the molecule is COC[C@@H](C)Nc1ccccc1NC(=O)c1cc(Oc2ccccc2)ccn1. The number of rotatable bonds is 8. The van der Waals surface area contributed by atoms with Gasteiger partial charge in [-0.15, -0.1) is 0 Å². The zero-order valence-corrected chi connectivity index (χ0v) is 15.9. The van der Waals surface area contributed by atoms with E-state index in [1.54, 1.807) is 25.4 Å². The van der Waals surface area contributed by atoms with Crippen LogP contribution in [-0.4, -0.2) is 30.6 Å². The van der Waals surface area contributed by atoms with E-state index < -0.39 is 0 Å². The Morgan fingerprint density at radius 3 is 2.46 bits per heavy atom. The summed E-state index contributed by atoms with van der Waals surface area (Å²) in [5.41, 5.74) is 1.76. The molecule has 0 aliphatic rings. The minimum atomic E-state index is -0.313. The van der Waals surface area contributed by atoms with Crippen molar-refractivity contribution in [2.24, 2.45) is 0 Å². The summed E-state index contributed by atoms with van der Waals surface area (Å²) in [7, 11) is 1.65. The van der Waals surface area contributed by atoms with Gasteiger partial charge in [-0.05, 0) is 37.3 Å². The van der Waals surface area contributed by atoms with Gasteiger partial charge in [0.25, 0.3) is 5.91 Å². The van der Waals surface area contributed by atoms with E-state index in [1.165, 1.54) is 0 Å². The number of pyridine rings is 1. The highest BCUT2D eigenvalue weighted by Crippen LogP contribution is 2.24. The molecule has 0 aliphatic carbocycles. The maximum atomic E-state index is 12.7. The van der Waals surface area contributed by atoms with Gasteiger partial charge < -0.3 is 20.1 Å². The van der Waals surface area contributed by atoms with E-state index in [9.17, 15) is 4.79 Å². The van der Waals surface area contributed by atoms with Crippen molar-refractivity contribution in [3.05, 3.63) is 78.6 Å². The molecule has 144 valence electrons. The predicted molar refractivity (Wildman–Crippen MR) is 110 cm³/mol. The number of nitrogens with one attached hydrogen (secondary N) is 2. The number of hydrogen-bond donors (Lipinski definition) is 2. The van der Waals surface area contributed by atoms with E-state index in [0.717, 1.165) is 5.69 Å². The van der Waals surface area contributed by atoms with Crippen LogP contribution in [0.1, 0.15) is 17.4 Å². The van der Waals surface area contributed by atoms with E-state index in [4.69, 9.17) is 9.47 Å². The molecule has 2 aromatic carbocycles. The van der Waals surface area contributed by atoms with E-state index in [2.05, 4.69) is 15.6 Å². The van der Waals surface area contributed by atoms with Crippen molar-refractivity contribution in [2.45, 2.75) is 13.0 Å². The Balaban J connectivity index is 1.72. The Bertz CT molecular complexity index is 916. The molecule has 0 radical (unpaired) electrons. The molecule has 3 aromatic rings. The molecule has 28 heavy (non-hydrogen) atoms. The number of carbonyl (C=O) groups excluding carboxylic acids is 1. The maximum absolute atomic E-state index is 12.7. The Hall–Kier alpha value is -3.38. The fourth-order valence-electron chi connectivity index (χ4n) is 2.68. The van der Waals surface area contributed by atoms with Gasteiger partial charge in [-0.2, -0.15) is 0 Å². The average molecular weight is 377 g/mol. The smallest absolute Gasteiger partial charge is 0.274 e. The summed E-state index contributed by atoms with van der Waals surface area (Å²) in [5.74, 6) is 0.931. The molecule has 0 saturated heterocycles. The highest BCUT2D eigenvalue weighted by Gasteiger charge is 2.13. The fourth-order valence-corrected chi connectivity index (χ4v) is 2.68. The van der Waals surface area contributed by atoms with Crippen LogP contribution in [0, 0.1) is 0 Å². The summed E-state index contributed by atoms with van der Waals surface area (Å²) < 4.78 is 10.9. The first-order valence-electron chi connectivity index (χ1n) is 9.00. The molecule has 6 heteroatoms. The molecule has 1 atom stereocenters. The number of para-hydroxylation sites is 3. The van der Waals surface area contributed by atoms with Crippen LogP contribution in [0.3, 0.4) is 0 Å². The molecule has 1 heterocycles. The van der Waals surface area contributed by atoms with Crippen molar-refractivity contribution < 1.29 is 14.3 Å². The van der Waals surface area contributed by atoms with Crippen molar-refractivity contribution in [3.8, 4) is 11.5 Å². The van der Waals surface area contributed by atoms with E-state index >= 15 is 0 Å². The first kappa shape index (κ1) is 19.4. The lowest BCUT2D eigenvalue weighted by molar-refractivity contribution is 0.102. The van der Waals surface area contributed by atoms with Gasteiger partial charge in [0.05, 0.1) is 18.0 Å². The van der Waals surface area contributed by atoms with Crippen molar-refractivity contribution in [2.75, 3.05) is 24.4 Å². The molecule has 3 rings (SSSR count). The minimum Gasteiger partial charge on any atom is -0.457 e. The fraction of sp³-hybridized carbons (Fsp3) is 0.182. The number of anilines is 2. The molecule has 6 nitrogen and oxygen atoms in total. The Morgan fingerprint density at radius 1 is 1.00 bits per heavy atom. The highest BCUT2D eigenvalue weighted by molar-refractivity contribution is 6.04. The number of ether oxygens (including phenoxy) is 2. The van der Waals surface area contributed by atoms with Gasteiger partial charge in [-0.25, -0.2) is 0 Å². The van der Waals surface area contributed by atoms with Crippen LogP contribution in [0.25, 0.3) is 0 Å². The van der Waals surface area contributed by atoms with Gasteiger partial charge >= 0.3 is 0 Å². The summed E-state index contributed by atoms with van der Waals surface area (Å²) in [6, 6.07) is 20.3. The molecule has 2 N–H and O–H groups in total. The third-order valence-electron chi connectivity index (χ3n) is 3.94. The van der Waals surface area contributed by atoms with Crippen molar-refractivity contribution in [1.82, 2.24) is 4.98 Å². The predicted octanol–water partition coefficient (Wildman–Crippen LogP) is 4.57. The minimum absolute atomic E-state index is 0.101. The van der Waals surface area contributed by atoms with Crippen LogP contribution in [0.5, 0.6) is 11.5 Å². The lowest BCUT2D eigenvalue weighted by Gasteiger charge is -2.17. The van der Waals surface area contributed by atoms with Gasteiger partial charge in [-0.1, -0.05) is 30.3 Å². The molecular weight excluding hydrogens is 354 g/mol. The number of amides is 1. The average Bonchev–Trinajstić information content (AvgIpc) is 2.70. The molecule has 0 fully saturated rings. The molecular formula is C22H23N3O3. The molecule has 0 saturated carbocycles. The zero-order valence-electron chi connectivity index (χ0n) is 15.9. The van der Waals surface area contributed by atoms with Crippen molar-refractivity contribution >= 4 is 17.3 Å². The Kier molecular flexibility index (Phi) is 6.59. The second kappa shape index (κ2) is 9.53. The molecule has 0 bridgehead atoms. The highest BCUT2D eigenvalue weighted by atomic mass is 16.5. The van der Waals surface area contributed by atoms with Crippen molar-refractivity contribution in [3.63, 3.8) is 0 Å². The van der Waals surface area contributed by atoms with Crippen LogP contribution >= 0.6 is 0 Å². The van der Waals surface area contributed by atoms with Crippen LogP contribution < -0.4 is 15.4 Å². The summed E-state index contributed by atoms with van der Waals surface area (Å²) >= 11 is 0. The molecule has 1 aromatic heterocycles. The van der Waals surface area contributed by atoms with Gasteiger partial charge in [-0.3, -0.25) is 9.78 Å². The Labute approximate surface area is 164 Å². The summed E-state index contributed by atoms with van der Waals surface area (Å²) in [4.78, 5) is 16.9. The second-order valence-electron chi connectivity index (χ2n) is 6.29. The lowest BCUT2D eigenvalue weighted by atomic mass is 10.2. The van der Waals surface area contributed by atoms with E-state index in [0.29, 0.717) is 23.8 Å². The zero-order chi connectivity index (χ0) is 19.8. The summed E-state index contributed by atoms with van der Waals surface area (Å²) in [5, 5.41) is 6.23. The van der Waals surface area contributed by atoms with Gasteiger partial charge in [0.15, 0.2) is 0 Å². The molecule has 1 amide bonds. The largest absolute Gasteiger partial charge is 0.457 e. The topological polar surface area (TPSA) is 72.5 Å². The quantitative estimate of drug-likeness (QED) is 0.601. The van der Waals surface area contributed by atoms with E-state index in [1.807, 2.05) is 61.5 Å². The van der Waals surface area contributed by atoms with Crippen LogP contribution in [0.15, 0.2) is 72.9 Å². The second-order valence-corrected chi connectivity index (χ2v) is 6.29. The number of carbonyl (C=O) groups is 1. The number of aromatic nitrogens is 1. The third-order valence-corrected chi connectivity index (χ3v) is 3.94. The molecule has 0 unspecified atom stereocenters. The standard InChI is InChI=1S/C22H23N3O3/c1-16(15-27-2)24-19-10-6-7-11-20(19)25-22(26)21-14-18(12-13-23-21)28-17-8-4-3-5-9-17/h3-14,16,24H,15H2,1-2H3,(H,25,26)/t16-/m1/s1. The van der Waals surface area contributed by atoms with Crippen LogP contribution in [0.4, 0.5) is 11.4 Å².